The van der Waals surface area contributed by atoms with E-state index in [-0.39, 0.29) is 11.3 Å². The third kappa shape index (κ3) is 3.72. The van der Waals surface area contributed by atoms with Crippen molar-refractivity contribution >= 4 is 17.6 Å². The fourth-order valence-corrected chi connectivity index (χ4v) is 2.47. The van der Waals surface area contributed by atoms with Crippen molar-refractivity contribution in [1.29, 1.82) is 0 Å². The number of aryl methyl sites for hydroxylation is 1. The van der Waals surface area contributed by atoms with E-state index in [2.05, 4.69) is 5.32 Å². The number of phenolic OH excluding ortho intramolecular Hbond substituents is 1. The first-order chi connectivity index (χ1) is 12.5. The molecule has 0 radical (unpaired) electrons. The predicted molar refractivity (Wildman–Crippen MR) is 93.8 cm³/mol. The van der Waals surface area contributed by atoms with Gasteiger partial charge >= 0.3 is 5.97 Å². The Labute approximate surface area is 150 Å². The minimum absolute atomic E-state index is 0.0176. The average molecular weight is 357 g/mol. The van der Waals surface area contributed by atoms with Gasteiger partial charge in [-0.2, -0.15) is 0 Å². The summed E-state index contributed by atoms with van der Waals surface area (Å²) in [6.45, 7) is 4.05. The maximum absolute atomic E-state index is 12.3. The molecular weight excluding hydrogens is 338 g/mol. The van der Waals surface area contributed by atoms with Gasteiger partial charge in [0.15, 0.2) is 17.6 Å². The van der Waals surface area contributed by atoms with E-state index in [1.165, 1.54) is 13.0 Å². The SMILES string of the molecule is Cc1cccc(C(=O)OC(C)C(=O)Nc2ccc3c(c2)OCCO3)c1O. The van der Waals surface area contributed by atoms with Crippen LogP contribution in [0, 0.1) is 6.92 Å². The molecule has 1 atom stereocenters. The molecule has 1 heterocycles. The van der Waals surface area contributed by atoms with E-state index >= 15 is 0 Å². The summed E-state index contributed by atoms with van der Waals surface area (Å²) in [5, 5.41) is 12.6. The van der Waals surface area contributed by atoms with Crippen LogP contribution in [0.2, 0.25) is 0 Å². The fourth-order valence-electron chi connectivity index (χ4n) is 2.47. The first-order valence-corrected chi connectivity index (χ1v) is 8.16. The maximum atomic E-state index is 12.3. The molecule has 0 spiro atoms. The van der Waals surface area contributed by atoms with Crippen LogP contribution in [-0.2, 0) is 9.53 Å². The van der Waals surface area contributed by atoms with Crippen molar-refractivity contribution in [3.05, 3.63) is 47.5 Å². The monoisotopic (exact) mass is 357 g/mol. The molecule has 2 aromatic rings. The number of aromatic hydroxyl groups is 1. The van der Waals surface area contributed by atoms with Gasteiger partial charge in [-0.05, 0) is 37.6 Å². The predicted octanol–water partition coefficient (Wildman–Crippen LogP) is 2.66. The van der Waals surface area contributed by atoms with Crippen LogP contribution < -0.4 is 14.8 Å². The molecule has 0 saturated heterocycles. The van der Waals surface area contributed by atoms with Crippen molar-refractivity contribution in [3.63, 3.8) is 0 Å². The molecule has 3 rings (SSSR count). The number of esters is 1. The van der Waals surface area contributed by atoms with Crippen LogP contribution >= 0.6 is 0 Å². The van der Waals surface area contributed by atoms with Crippen LogP contribution in [-0.4, -0.2) is 36.3 Å². The minimum atomic E-state index is -1.05. The zero-order valence-electron chi connectivity index (χ0n) is 14.4. The number of anilines is 1. The van der Waals surface area contributed by atoms with Gasteiger partial charge < -0.3 is 24.6 Å². The number of para-hydroxylation sites is 1. The summed E-state index contributed by atoms with van der Waals surface area (Å²) in [7, 11) is 0. The molecule has 1 unspecified atom stereocenters. The summed E-state index contributed by atoms with van der Waals surface area (Å²) >= 11 is 0. The second-order valence-corrected chi connectivity index (χ2v) is 5.87. The maximum Gasteiger partial charge on any atom is 0.342 e. The van der Waals surface area contributed by atoms with Crippen molar-refractivity contribution in [2.24, 2.45) is 0 Å². The fraction of sp³-hybridized carbons (Fsp3) is 0.263. The van der Waals surface area contributed by atoms with Crippen LogP contribution in [0.1, 0.15) is 22.8 Å². The van der Waals surface area contributed by atoms with Crippen molar-refractivity contribution in [2.75, 3.05) is 18.5 Å². The van der Waals surface area contributed by atoms with E-state index in [4.69, 9.17) is 14.2 Å². The van der Waals surface area contributed by atoms with Crippen LogP contribution in [0.3, 0.4) is 0 Å². The second-order valence-electron chi connectivity index (χ2n) is 5.87. The molecule has 26 heavy (non-hydrogen) atoms. The van der Waals surface area contributed by atoms with Gasteiger partial charge in [-0.15, -0.1) is 0 Å². The van der Waals surface area contributed by atoms with Gasteiger partial charge in [-0.3, -0.25) is 4.79 Å². The lowest BCUT2D eigenvalue weighted by Gasteiger charge is -2.19. The molecule has 0 saturated carbocycles. The Morgan fingerprint density at radius 2 is 1.88 bits per heavy atom. The number of hydrogen-bond acceptors (Lipinski definition) is 6. The van der Waals surface area contributed by atoms with Crippen molar-refractivity contribution in [2.45, 2.75) is 20.0 Å². The molecule has 1 amide bonds. The van der Waals surface area contributed by atoms with Crippen molar-refractivity contribution < 1.29 is 28.9 Å². The lowest BCUT2D eigenvalue weighted by molar-refractivity contribution is -0.123. The molecule has 0 aromatic heterocycles. The number of benzene rings is 2. The van der Waals surface area contributed by atoms with E-state index in [1.54, 1.807) is 37.3 Å². The number of nitrogens with one attached hydrogen (secondary N) is 1. The Hall–Kier alpha value is -3.22. The van der Waals surface area contributed by atoms with E-state index < -0.39 is 18.0 Å². The molecule has 1 aliphatic rings. The Morgan fingerprint density at radius 1 is 1.15 bits per heavy atom. The quantitative estimate of drug-likeness (QED) is 0.817. The third-order valence-corrected chi connectivity index (χ3v) is 3.92. The van der Waals surface area contributed by atoms with Crippen LogP contribution in [0.25, 0.3) is 0 Å². The number of fused-ring (bicyclic) bond motifs is 1. The second kappa shape index (κ2) is 7.35. The molecule has 7 nitrogen and oxygen atoms in total. The van der Waals surface area contributed by atoms with E-state index in [0.717, 1.165) is 0 Å². The zero-order valence-corrected chi connectivity index (χ0v) is 14.4. The van der Waals surface area contributed by atoms with Crippen molar-refractivity contribution in [1.82, 2.24) is 0 Å². The highest BCUT2D eigenvalue weighted by Crippen LogP contribution is 2.32. The molecule has 2 N–H and O–H groups in total. The Kier molecular flexibility index (Phi) is 4.97. The first kappa shape index (κ1) is 17.6. The Bertz CT molecular complexity index is 848. The Morgan fingerprint density at radius 3 is 2.65 bits per heavy atom. The number of ether oxygens (including phenoxy) is 3. The van der Waals surface area contributed by atoms with E-state index in [1.807, 2.05) is 0 Å². The molecule has 0 fully saturated rings. The van der Waals surface area contributed by atoms with Crippen LogP contribution in [0.15, 0.2) is 36.4 Å². The number of hydrogen-bond donors (Lipinski definition) is 2. The standard InChI is InChI=1S/C19H19NO6/c1-11-4-3-5-14(17(11)21)19(23)26-12(2)18(22)20-13-6-7-15-16(10-13)25-9-8-24-15/h3-7,10,12,21H,8-9H2,1-2H3,(H,20,22). The largest absolute Gasteiger partial charge is 0.507 e. The molecular formula is C19H19NO6. The topological polar surface area (TPSA) is 94.1 Å². The van der Waals surface area contributed by atoms with Gasteiger partial charge in [0.05, 0.1) is 0 Å². The highest BCUT2D eigenvalue weighted by molar-refractivity contribution is 5.98. The molecule has 0 bridgehead atoms. The highest BCUT2D eigenvalue weighted by Gasteiger charge is 2.22. The Balaban J connectivity index is 1.64. The molecule has 136 valence electrons. The lowest BCUT2D eigenvalue weighted by Crippen LogP contribution is -2.30. The van der Waals surface area contributed by atoms with Gasteiger partial charge in [0.25, 0.3) is 5.91 Å². The first-order valence-electron chi connectivity index (χ1n) is 8.16. The molecule has 7 heteroatoms. The summed E-state index contributed by atoms with van der Waals surface area (Å²) < 4.78 is 16.0. The van der Waals surface area contributed by atoms with Gasteiger partial charge in [0.2, 0.25) is 0 Å². The number of amides is 1. The van der Waals surface area contributed by atoms with Crippen LogP contribution in [0.5, 0.6) is 17.2 Å². The average Bonchev–Trinajstić information content (AvgIpc) is 2.63. The summed E-state index contributed by atoms with van der Waals surface area (Å²) in [5.74, 6) is -0.262. The van der Waals surface area contributed by atoms with Gasteiger partial charge in [0, 0.05) is 11.8 Å². The summed E-state index contributed by atoms with van der Waals surface area (Å²) in [5.41, 5.74) is 1.07. The van der Waals surface area contributed by atoms with Gasteiger partial charge in [0.1, 0.15) is 24.5 Å². The number of carbonyl (C=O) groups excluding carboxylic acids is 2. The summed E-state index contributed by atoms with van der Waals surface area (Å²) in [6.07, 6.45) is -1.05. The summed E-state index contributed by atoms with van der Waals surface area (Å²) in [4.78, 5) is 24.5. The normalized spacial score (nSPS) is 13.6. The van der Waals surface area contributed by atoms with Crippen molar-refractivity contribution in [3.8, 4) is 17.2 Å². The summed E-state index contributed by atoms with van der Waals surface area (Å²) in [6, 6.07) is 9.76. The molecule has 0 aliphatic carbocycles. The van der Waals surface area contributed by atoms with Gasteiger partial charge in [-0.1, -0.05) is 12.1 Å². The van der Waals surface area contributed by atoms with E-state index in [9.17, 15) is 14.7 Å². The molecule has 2 aromatic carbocycles. The minimum Gasteiger partial charge on any atom is -0.507 e. The van der Waals surface area contributed by atoms with Gasteiger partial charge in [-0.25, -0.2) is 4.79 Å². The number of carbonyl (C=O) groups is 2. The number of rotatable bonds is 4. The lowest BCUT2D eigenvalue weighted by atomic mass is 10.1. The highest BCUT2D eigenvalue weighted by atomic mass is 16.6. The smallest absolute Gasteiger partial charge is 0.342 e. The third-order valence-electron chi connectivity index (χ3n) is 3.92. The zero-order chi connectivity index (χ0) is 18.7. The van der Waals surface area contributed by atoms with E-state index in [0.29, 0.717) is 36.0 Å². The number of phenols is 1. The molecule has 1 aliphatic heterocycles. The van der Waals surface area contributed by atoms with Crippen LogP contribution in [0.4, 0.5) is 5.69 Å².